The van der Waals surface area contributed by atoms with E-state index in [-0.39, 0.29) is 0 Å². The van der Waals surface area contributed by atoms with Crippen LogP contribution in [-0.4, -0.2) is 20.7 Å². The van der Waals surface area contributed by atoms with E-state index < -0.39 is 0 Å². The summed E-state index contributed by atoms with van der Waals surface area (Å²) >= 11 is 0. The molecule has 1 aliphatic carbocycles. The van der Waals surface area contributed by atoms with Crippen molar-refractivity contribution in [3.63, 3.8) is 0 Å². The minimum Gasteiger partial charge on any atom is -0.359 e. The third-order valence-corrected chi connectivity index (χ3v) is 2.67. The largest absolute Gasteiger partial charge is 0.359 e. The van der Waals surface area contributed by atoms with Gasteiger partial charge in [-0.15, -0.1) is 0 Å². The predicted octanol–water partition coefficient (Wildman–Crippen LogP) is 1.17. The van der Waals surface area contributed by atoms with Gasteiger partial charge in [0.25, 0.3) is 0 Å². The lowest BCUT2D eigenvalue weighted by Crippen LogP contribution is -2.15. The molecule has 2 aromatic rings. The zero-order valence-electron chi connectivity index (χ0n) is 8.97. The summed E-state index contributed by atoms with van der Waals surface area (Å²) in [6, 6.07) is 2.58. The van der Waals surface area contributed by atoms with Crippen LogP contribution >= 0.6 is 0 Å². The number of rotatable bonds is 5. The first-order valence-corrected chi connectivity index (χ1v) is 5.54. The fourth-order valence-electron chi connectivity index (χ4n) is 1.62. The zero-order chi connectivity index (χ0) is 10.8. The fourth-order valence-corrected chi connectivity index (χ4v) is 1.62. The minimum absolute atomic E-state index is 0.691. The van der Waals surface area contributed by atoms with Crippen LogP contribution in [0.2, 0.25) is 0 Å². The van der Waals surface area contributed by atoms with Gasteiger partial charge in [0.05, 0.1) is 24.8 Å². The molecule has 16 heavy (non-hydrogen) atoms. The van der Waals surface area contributed by atoms with Crippen molar-refractivity contribution in [2.45, 2.75) is 32.0 Å². The Morgan fingerprint density at radius 2 is 2.44 bits per heavy atom. The van der Waals surface area contributed by atoms with Crippen LogP contribution in [0.3, 0.4) is 0 Å². The normalized spacial score (nSPS) is 15.5. The molecule has 0 aromatic carbocycles. The summed E-state index contributed by atoms with van der Waals surface area (Å²) in [7, 11) is 0. The SMILES string of the molecule is c1cc(Cn2cnc(CNC3CC3)c2)on1. The average molecular weight is 218 g/mol. The van der Waals surface area contributed by atoms with Gasteiger partial charge >= 0.3 is 0 Å². The van der Waals surface area contributed by atoms with Crippen LogP contribution in [-0.2, 0) is 13.1 Å². The van der Waals surface area contributed by atoms with Gasteiger partial charge in [0.15, 0.2) is 5.76 Å². The van der Waals surface area contributed by atoms with Crippen LogP contribution < -0.4 is 5.32 Å². The Hall–Kier alpha value is -1.62. The molecule has 1 fully saturated rings. The molecular weight excluding hydrogens is 204 g/mol. The molecule has 1 N–H and O–H groups in total. The molecule has 84 valence electrons. The van der Waals surface area contributed by atoms with E-state index in [0.29, 0.717) is 6.54 Å². The quantitative estimate of drug-likeness (QED) is 0.818. The zero-order valence-corrected chi connectivity index (χ0v) is 8.97. The highest BCUT2D eigenvalue weighted by molar-refractivity contribution is 5.01. The van der Waals surface area contributed by atoms with Gasteiger partial charge in [0.1, 0.15) is 0 Å². The van der Waals surface area contributed by atoms with Gasteiger partial charge in [0, 0.05) is 24.8 Å². The van der Waals surface area contributed by atoms with E-state index in [1.165, 1.54) is 12.8 Å². The third kappa shape index (κ3) is 2.30. The molecule has 2 heterocycles. The van der Waals surface area contributed by atoms with Crippen LogP contribution in [0.25, 0.3) is 0 Å². The molecule has 5 nitrogen and oxygen atoms in total. The molecule has 0 saturated heterocycles. The number of nitrogens with one attached hydrogen (secondary N) is 1. The standard InChI is InChI=1S/C11H14N4O/c1-2-9(1)12-5-10-6-15(8-13-10)7-11-3-4-14-16-11/h3-4,6,8-9,12H,1-2,5,7H2. The lowest BCUT2D eigenvalue weighted by Gasteiger charge is -1.98. The van der Waals surface area contributed by atoms with Crippen LogP contribution in [0, 0.1) is 0 Å². The molecular formula is C11H14N4O. The smallest absolute Gasteiger partial charge is 0.156 e. The molecule has 0 bridgehead atoms. The maximum atomic E-state index is 5.04. The monoisotopic (exact) mass is 218 g/mol. The highest BCUT2D eigenvalue weighted by atomic mass is 16.5. The maximum Gasteiger partial charge on any atom is 0.156 e. The van der Waals surface area contributed by atoms with Crippen molar-refractivity contribution in [3.8, 4) is 0 Å². The van der Waals surface area contributed by atoms with Gasteiger partial charge in [-0.1, -0.05) is 5.16 Å². The van der Waals surface area contributed by atoms with E-state index in [2.05, 4.69) is 15.5 Å². The Labute approximate surface area is 93.5 Å². The highest BCUT2D eigenvalue weighted by Gasteiger charge is 2.20. The van der Waals surface area contributed by atoms with Gasteiger partial charge in [-0.25, -0.2) is 4.98 Å². The van der Waals surface area contributed by atoms with Crippen molar-refractivity contribution in [2.24, 2.45) is 0 Å². The van der Waals surface area contributed by atoms with Gasteiger partial charge < -0.3 is 14.4 Å². The van der Waals surface area contributed by atoms with Crippen molar-refractivity contribution >= 4 is 0 Å². The first-order valence-electron chi connectivity index (χ1n) is 5.54. The van der Waals surface area contributed by atoms with E-state index in [9.17, 15) is 0 Å². The van der Waals surface area contributed by atoms with E-state index >= 15 is 0 Å². The first-order chi connectivity index (χ1) is 7.90. The Morgan fingerprint density at radius 1 is 1.50 bits per heavy atom. The van der Waals surface area contributed by atoms with Crippen LogP contribution in [0.5, 0.6) is 0 Å². The molecule has 3 rings (SSSR count). The summed E-state index contributed by atoms with van der Waals surface area (Å²) in [6.07, 6.45) is 8.13. The third-order valence-electron chi connectivity index (χ3n) is 2.67. The van der Waals surface area contributed by atoms with Gasteiger partial charge in [0.2, 0.25) is 0 Å². The molecule has 0 spiro atoms. The van der Waals surface area contributed by atoms with Crippen molar-refractivity contribution < 1.29 is 4.52 Å². The molecule has 0 amide bonds. The number of hydrogen-bond donors (Lipinski definition) is 1. The molecule has 0 atom stereocenters. The molecule has 0 aliphatic heterocycles. The van der Waals surface area contributed by atoms with Crippen molar-refractivity contribution in [1.82, 2.24) is 20.0 Å². The number of nitrogens with zero attached hydrogens (tertiary/aromatic N) is 3. The summed E-state index contributed by atoms with van der Waals surface area (Å²) in [5.41, 5.74) is 1.08. The molecule has 0 unspecified atom stereocenters. The Morgan fingerprint density at radius 3 is 3.19 bits per heavy atom. The topological polar surface area (TPSA) is 55.9 Å². The van der Waals surface area contributed by atoms with Gasteiger partial charge in [-0.3, -0.25) is 0 Å². The Balaban J connectivity index is 1.58. The summed E-state index contributed by atoms with van der Waals surface area (Å²) < 4.78 is 7.05. The summed E-state index contributed by atoms with van der Waals surface area (Å²) in [5.74, 6) is 0.846. The van der Waals surface area contributed by atoms with Crippen LogP contribution in [0.1, 0.15) is 24.3 Å². The van der Waals surface area contributed by atoms with E-state index in [1.807, 2.05) is 23.2 Å². The van der Waals surface area contributed by atoms with Crippen molar-refractivity contribution in [3.05, 3.63) is 36.2 Å². The lowest BCUT2D eigenvalue weighted by molar-refractivity contribution is 0.376. The molecule has 0 radical (unpaired) electrons. The lowest BCUT2D eigenvalue weighted by atomic mass is 10.4. The van der Waals surface area contributed by atoms with Gasteiger partial charge in [-0.2, -0.15) is 0 Å². The summed E-state index contributed by atoms with van der Waals surface area (Å²) in [5, 5.41) is 7.11. The molecule has 2 aromatic heterocycles. The maximum absolute atomic E-state index is 5.04. The van der Waals surface area contributed by atoms with Crippen molar-refractivity contribution in [2.75, 3.05) is 0 Å². The number of imidazole rings is 1. The minimum atomic E-state index is 0.691. The molecule has 5 heteroatoms. The van der Waals surface area contributed by atoms with E-state index in [1.54, 1.807) is 6.20 Å². The molecule has 1 aliphatic rings. The summed E-state index contributed by atoms with van der Waals surface area (Å²) in [6.45, 7) is 1.55. The van der Waals surface area contributed by atoms with Gasteiger partial charge in [-0.05, 0) is 12.8 Å². The second-order valence-electron chi connectivity index (χ2n) is 4.17. The number of hydrogen-bond acceptors (Lipinski definition) is 4. The van der Waals surface area contributed by atoms with E-state index in [4.69, 9.17) is 4.52 Å². The second kappa shape index (κ2) is 4.09. The first kappa shape index (κ1) is 9.59. The Bertz CT molecular complexity index is 444. The van der Waals surface area contributed by atoms with E-state index in [0.717, 1.165) is 24.0 Å². The highest BCUT2D eigenvalue weighted by Crippen LogP contribution is 2.19. The summed E-state index contributed by atoms with van der Waals surface area (Å²) in [4.78, 5) is 4.33. The van der Waals surface area contributed by atoms with Crippen LogP contribution in [0.4, 0.5) is 0 Å². The fraction of sp³-hybridized carbons (Fsp3) is 0.455. The van der Waals surface area contributed by atoms with Crippen molar-refractivity contribution in [1.29, 1.82) is 0 Å². The molecule has 1 saturated carbocycles. The Kier molecular flexibility index (Phi) is 2.46. The predicted molar refractivity (Wildman–Crippen MR) is 57.7 cm³/mol. The average Bonchev–Trinajstić information content (AvgIpc) is 2.78. The second-order valence-corrected chi connectivity index (χ2v) is 4.17. The number of aromatic nitrogens is 3. The van der Waals surface area contributed by atoms with Crippen LogP contribution in [0.15, 0.2) is 29.3 Å².